The Labute approximate surface area is 178 Å². The molecule has 1 aliphatic heterocycles. The molecule has 2 aromatic carbocycles. The molecule has 0 bridgehead atoms. The summed E-state index contributed by atoms with van der Waals surface area (Å²) in [5.74, 6) is 0.947. The van der Waals surface area contributed by atoms with Crippen LogP contribution in [0.4, 0.5) is 17.1 Å². The molecule has 5 rings (SSSR count). The summed E-state index contributed by atoms with van der Waals surface area (Å²) in [5, 5.41) is 11.0. The van der Waals surface area contributed by atoms with Crippen molar-refractivity contribution in [3.8, 4) is 11.4 Å². The number of aromatic nitrogens is 2. The number of hydrogen-bond donors (Lipinski definition) is 1. The first-order valence-corrected chi connectivity index (χ1v) is 10.8. The minimum absolute atomic E-state index is 0.0785. The van der Waals surface area contributed by atoms with Crippen LogP contribution in [0.1, 0.15) is 17.9 Å². The van der Waals surface area contributed by atoms with Crippen LogP contribution < -0.4 is 10.2 Å². The number of anilines is 3. The molecule has 3 heterocycles. The molecule has 0 radical (unpaired) electrons. The molecule has 0 saturated heterocycles. The normalized spacial score (nSPS) is 12.7. The number of nitrogens with one attached hydrogen (secondary N) is 1. The van der Waals surface area contributed by atoms with E-state index in [0.717, 1.165) is 29.9 Å². The molecule has 1 aliphatic rings. The Kier molecular flexibility index (Phi) is 5.03. The number of rotatable bonds is 6. The Balaban J connectivity index is 1.26. The van der Waals surface area contributed by atoms with Gasteiger partial charge in [0.2, 0.25) is 17.6 Å². The maximum Gasteiger partial charge on any atom is 0.227 e. The van der Waals surface area contributed by atoms with Crippen LogP contribution in [0.15, 0.2) is 69.9 Å². The number of amides is 1. The highest BCUT2D eigenvalue weighted by Gasteiger charge is 2.22. The lowest BCUT2D eigenvalue weighted by atomic mass is 10.1. The first-order valence-electron chi connectivity index (χ1n) is 9.87. The summed E-state index contributed by atoms with van der Waals surface area (Å²) in [6, 6.07) is 18.3. The number of carbonyl (C=O) groups is 1. The third-order valence-electron chi connectivity index (χ3n) is 5.17. The van der Waals surface area contributed by atoms with Crippen molar-refractivity contribution in [2.75, 3.05) is 16.8 Å². The highest BCUT2D eigenvalue weighted by atomic mass is 32.1. The molecule has 1 amide bonds. The van der Waals surface area contributed by atoms with E-state index in [4.69, 9.17) is 4.52 Å². The monoisotopic (exact) mass is 416 g/mol. The summed E-state index contributed by atoms with van der Waals surface area (Å²) in [4.78, 5) is 19.3. The van der Waals surface area contributed by atoms with Crippen LogP contribution in [-0.2, 0) is 17.6 Å². The van der Waals surface area contributed by atoms with Gasteiger partial charge in [-0.05, 0) is 41.6 Å². The second kappa shape index (κ2) is 8.12. The summed E-state index contributed by atoms with van der Waals surface area (Å²) >= 11 is 1.58. The fourth-order valence-electron chi connectivity index (χ4n) is 3.70. The summed E-state index contributed by atoms with van der Waals surface area (Å²) in [6.07, 6.45) is 1.68. The lowest BCUT2D eigenvalue weighted by Crippen LogP contribution is -2.18. The zero-order valence-electron chi connectivity index (χ0n) is 16.2. The van der Waals surface area contributed by atoms with Crippen LogP contribution in [0.3, 0.4) is 0 Å². The third kappa shape index (κ3) is 3.71. The molecule has 0 atom stereocenters. The van der Waals surface area contributed by atoms with Gasteiger partial charge < -0.3 is 14.7 Å². The van der Waals surface area contributed by atoms with Crippen LogP contribution in [0.25, 0.3) is 11.4 Å². The van der Waals surface area contributed by atoms with E-state index >= 15 is 0 Å². The summed E-state index contributed by atoms with van der Waals surface area (Å²) in [7, 11) is 0. The molecule has 0 saturated carbocycles. The van der Waals surface area contributed by atoms with Gasteiger partial charge in [0.15, 0.2) is 0 Å². The highest BCUT2D eigenvalue weighted by molar-refractivity contribution is 7.08. The van der Waals surface area contributed by atoms with Crippen molar-refractivity contribution < 1.29 is 9.32 Å². The van der Waals surface area contributed by atoms with Crippen molar-refractivity contribution >= 4 is 34.3 Å². The Bertz CT molecular complexity index is 1170. The molecule has 2 aromatic heterocycles. The fourth-order valence-corrected chi connectivity index (χ4v) is 4.34. The van der Waals surface area contributed by atoms with Gasteiger partial charge in [-0.15, -0.1) is 0 Å². The Morgan fingerprint density at radius 1 is 1.10 bits per heavy atom. The summed E-state index contributed by atoms with van der Waals surface area (Å²) in [6.45, 7) is 0.902. The summed E-state index contributed by atoms with van der Waals surface area (Å²) in [5.41, 5.74) is 5.28. The van der Waals surface area contributed by atoms with Crippen molar-refractivity contribution in [3.63, 3.8) is 0 Å². The van der Waals surface area contributed by atoms with E-state index in [1.807, 2.05) is 47.2 Å². The molecule has 4 aromatic rings. The van der Waals surface area contributed by atoms with Gasteiger partial charge in [0, 0.05) is 36.0 Å². The SMILES string of the molecule is O=C(CCc1nc(-c2ccsc2)no1)Nc1ccccc1N1CCc2ccccc21. The van der Waals surface area contributed by atoms with Crippen molar-refractivity contribution in [3.05, 3.63) is 76.8 Å². The van der Waals surface area contributed by atoms with Crippen molar-refractivity contribution in [1.82, 2.24) is 10.1 Å². The van der Waals surface area contributed by atoms with Crippen LogP contribution >= 0.6 is 11.3 Å². The Morgan fingerprint density at radius 2 is 1.93 bits per heavy atom. The average Bonchev–Trinajstić information content (AvgIpc) is 3.53. The topological polar surface area (TPSA) is 71.3 Å². The predicted octanol–water partition coefficient (Wildman–Crippen LogP) is 5.06. The standard InChI is InChI=1S/C23H20N4O2S/c28-21(9-10-22-25-23(26-29-22)17-12-14-30-15-17)24-18-6-2-4-8-20(18)27-13-11-16-5-1-3-7-19(16)27/h1-8,12,14-15H,9-11,13H2,(H,24,28). The molecule has 1 N–H and O–H groups in total. The first-order chi connectivity index (χ1) is 14.8. The van der Waals surface area contributed by atoms with Gasteiger partial charge in [0.1, 0.15) is 0 Å². The van der Waals surface area contributed by atoms with Crippen molar-refractivity contribution in [2.24, 2.45) is 0 Å². The van der Waals surface area contributed by atoms with Gasteiger partial charge in [-0.25, -0.2) is 0 Å². The smallest absolute Gasteiger partial charge is 0.227 e. The molecular weight excluding hydrogens is 396 g/mol. The molecular formula is C23H20N4O2S. The fraction of sp³-hybridized carbons (Fsp3) is 0.174. The molecule has 30 heavy (non-hydrogen) atoms. The van der Waals surface area contributed by atoms with Crippen LogP contribution in [0.5, 0.6) is 0 Å². The maximum atomic E-state index is 12.6. The van der Waals surface area contributed by atoms with E-state index in [2.05, 4.69) is 38.6 Å². The number of thiophene rings is 1. The van der Waals surface area contributed by atoms with Gasteiger partial charge >= 0.3 is 0 Å². The van der Waals surface area contributed by atoms with Crippen LogP contribution in [-0.4, -0.2) is 22.6 Å². The van der Waals surface area contributed by atoms with Crippen molar-refractivity contribution in [2.45, 2.75) is 19.3 Å². The summed E-state index contributed by atoms with van der Waals surface area (Å²) < 4.78 is 5.29. The molecule has 0 aliphatic carbocycles. The van der Waals surface area contributed by atoms with E-state index in [0.29, 0.717) is 18.1 Å². The minimum Gasteiger partial charge on any atom is -0.339 e. The van der Waals surface area contributed by atoms with Crippen molar-refractivity contribution in [1.29, 1.82) is 0 Å². The van der Waals surface area contributed by atoms with Crippen LogP contribution in [0, 0.1) is 0 Å². The second-order valence-electron chi connectivity index (χ2n) is 7.12. The Hall–Kier alpha value is -3.45. The predicted molar refractivity (Wildman–Crippen MR) is 118 cm³/mol. The van der Waals surface area contributed by atoms with E-state index in [1.54, 1.807) is 11.3 Å². The number of benzene rings is 2. The molecule has 6 nitrogen and oxygen atoms in total. The molecule has 0 spiro atoms. The number of aryl methyl sites for hydroxylation is 1. The first kappa shape index (κ1) is 18.6. The zero-order chi connectivity index (χ0) is 20.3. The molecule has 0 unspecified atom stereocenters. The van der Waals surface area contributed by atoms with E-state index < -0.39 is 0 Å². The zero-order valence-corrected chi connectivity index (χ0v) is 17.1. The minimum atomic E-state index is -0.0785. The third-order valence-corrected chi connectivity index (χ3v) is 5.85. The average molecular weight is 417 g/mol. The number of nitrogens with zero attached hydrogens (tertiary/aromatic N) is 3. The Morgan fingerprint density at radius 3 is 2.80 bits per heavy atom. The van der Waals surface area contributed by atoms with E-state index in [-0.39, 0.29) is 12.3 Å². The largest absolute Gasteiger partial charge is 0.339 e. The lowest BCUT2D eigenvalue weighted by Gasteiger charge is -2.23. The molecule has 0 fully saturated rings. The van der Waals surface area contributed by atoms with Gasteiger partial charge in [-0.3, -0.25) is 4.79 Å². The van der Waals surface area contributed by atoms with Crippen LogP contribution in [0.2, 0.25) is 0 Å². The molecule has 7 heteroatoms. The number of carbonyl (C=O) groups excluding carboxylic acids is 1. The number of fused-ring (bicyclic) bond motifs is 1. The van der Waals surface area contributed by atoms with Gasteiger partial charge in [0.05, 0.1) is 11.4 Å². The second-order valence-corrected chi connectivity index (χ2v) is 7.90. The van der Waals surface area contributed by atoms with E-state index in [9.17, 15) is 4.79 Å². The molecule has 150 valence electrons. The maximum absolute atomic E-state index is 12.6. The lowest BCUT2D eigenvalue weighted by molar-refractivity contribution is -0.116. The van der Waals surface area contributed by atoms with E-state index in [1.165, 1.54) is 11.3 Å². The van der Waals surface area contributed by atoms with Gasteiger partial charge in [0.25, 0.3) is 0 Å². The number of hydrogen-bond acceptors (Lipinski definition) is 6. The number of para-hydroxylation sites is 3. The van der Waals surface area contributed by atoms with Gasteiger partial charge in [-0.2, -0.15) is 16.3 Å². The quantitative estimate of drug-likeness (QED) is 0.475. The van der Waals surface area contributed by atoms with Gasteiger partial charge in [-0.1, -0.05) is 35.5 Å². The highest BCUT2D eigenvalue weighted by Crippen LogP contribution is 2.38.